The monoisotopic (exact) mass is 316 g/mol. The van der Waals surface area contributed by atoms with E-state index in [1.54, 1.807) is 12.1 Å². The van der Waals surface area contributed by atoms with E-state index in [9.17, 15) is 20.0 Å². The Labute approximate surface area is 134 Å². The van der Waals surface area contributed by atoms with Gasteiger partial charge < -0.3 is 5.21 Å². The summed E-state index contributed by atoms with van der Waals surface area (Å²) >= 11 is 0. The summed E-state index contributed by atoms with van der Waals surface area (Å²) in [5.41, 5.74) is 1.32. The molecule has 1 fully saturated rings. The predicted octanol–water partition coefficient (Wildman–Crippen LogP) is 2.06. The highest BCUT2D eigenvalue weighted by atomic mass is 16.5. The first-order chi connectivity index (χ1) is 11.0. The summed E-state index contributed by atoms with van der Waals surface area (Å²) in [5.74, 6) is -1.04. The molecule has 122 valence electrons. The van der Waals surface area contributed by atoms with Crippen LogP contribution in [0, 0.1) is 12.1 Å². The molecule has 0 spiro atoms. The molecule has 1 amide bonds. The van der Waals surface area contributed by atoms with Crippen molar-refractivity contribution >= 4 is 17.4 Å². The number of aryl methyl sites for hydroxylation is 1. The van der Waals surface area contributed by atoms with Gasteiger partial charge in [0.15, 0.2) is 11.8 Å². The lowest BCUT2D eigenvalue weighted by Crippen LogP contribution is -2.59. The Morgan fingerprint density at radius 1 is 1.30 bits per heavy atom. The Balaban J connectivity index is 1.86. The van der Waals surface area contributed by atoms with Gasteiger partial charge in [-0.3, -0.25) is 14.8 Å². The quantitative estimate of drug-likeness (QED) is 0.400. The number of ketones is 1. The topological polar surface area (TPSA) is 83.7 Å². The summed E-state index contributed by atoms with van der Waals surface area (Å²) in [6.07, 6.45) is 2.73. The molecule has 1 aliphatic heterocycles. The van der Waals surface area contributed by atoms with Crippen LogP contribution in [0.15, 0.2) is 24.3 Å². The second kappa shape index (κ2) is 6.12. The summed E-state index contributed by atoms with van der Waals surface area (Å²) in [6.45, 7) is 1.92. The molecule has 1 aliphatic carbocycles. The van der Waals surface area contributed by atoms with E-state index in [4.69, 9.17) is 0 Å². The zero-order valence-electron chi connectivity index (χ0n) is 13.1. The van der Waals surface area contributed by atoms with Crippen LogP contribution in [-0.2, 0) is 4.79 Å². The summed E-state index contributed by atoms with van der Waals surface area (Å²) in [6, 6.07) is 6.07. The molecule has 23 heavy (non-hydrogen) atoms. The minimum atomic E-state index is -0.747. The number of hydrogen-bond acceptors (Lipinski definition) is 4. The first kappa shape index (κ1) is 15.7. The lowest BCUT2D eigenvalue weighted by atomic mass is 9.88. The number of hydrogen-bond donors (Lipinski definition) is 1. The molecule has 2 atom stereocenters. The minimum absolute atomic E-state index is 0.166. The van der Waals surface area contributed by atoms with Gasteiger partial charge in [0.05, 0.1) is 0 Å². The van der Waals surface area contributed by atoms with Gasteiger partial charge >= 0.3 is 5.91 Å². The highest BCUT2D eigenvalue weighted by Crippen LogP contribution is 2.28. The van der Waals surface area contributed by atoms with E-state index in [1.165, 1.54) is 0 Å². The molecule has 0 saturated heterocycles. The average Bonchev–Trinajstić information content (AvgIpc) is 2.57. The van der Waals surface area contributed by atoms with Gasteiger partial charge in [0.1, 0.15) is 12.5 Å². The van der Waals surface area contributed by atoms with Crippen LogP contribution in [0.2, 0.25) is 0 Å². The maximum atomic E-state index is 12.5. The van der Waals surface area contributed by atoms with E-state index in [-0.39, 0.29) is 17.9 Å². The summed E-state index contributed by atoms with van der Waals surface area (Å²) in [4.78, 5) is 24.6. The van der Waals surface area contributed by atoms with Crippen LogP contribution in [0.1, 0.15) is 48.0 Å². The summed E-state index contributed by atoms with van der Waals surface area (Å²) < 4.78 is 0.672. The van der Waals surface area contributed by atoms with Crippen molar-refractivity contribution in [3.8, 4) is 0 Å². The van der Waals surface area contributed by atoms with Crippen molar-refractivity contribution < 1.29 is 19.5 Å². The summed E-state index contributed by atoms with van der Waals surface area (Å²) in [7, 11) is 0. The second-order valence-electron chi connectivity index (χ2n) is 6.31. The van der Waals surface area contributed by atoms with E-state index in [2.05, 4.69) is 0 Å². The molecular formula is C17H20N2O4. The van der Waals surface area contributed by atoms with Crippen LogP contribution in [0.25, 0.3) is 0 Å². The highest BCUT2D eigenvalue weighted by Gasteiger charge is 2.46. The average molecular weight is 316 g/mol. The number of carbonyl (C=O) groups excluding carboxylic acids is 2. The lowest BCUT2D eigenvalue weighted by Gasteiger charge is -2.38. The van der Waals surface area contributed by atoms with Crippen LogP contribution < -0.4 is 0 Å². The van der Waals surface area contributed by atoms with E-state index in [1.807, 2.05) is 19.1 Å². The number of amides is 1. The largest absolute Gasteiger partial charge is 0.623 e. The normalized spacial score (nSPS) is 24.6. The fourth-order valence-corrected chi connectivity index (χ4v) is 3.37. The number of Topliss-reactive ketones (excluding diaryl/α,β-unsaturated/α-hetero) is 1. The molecule has 2 aliphatic rings. The van der Waals surface area contributed by atoms with Gasteiger partial charge in [-0.05, 0) is 19.8 Å². The molecule has 6 heteroatoms. The Bertz CT molecular complexity index is 666. The Morgan fingerprint density at radius 3 is 2.65 bits per heavy atom. The second-order valence-corrected chi connectivity index (χ2v) is 6.31. The molecule has 1 N–H and O–H groups in total. The predicted molar refractivity (Wildman–Crippen MR) is 83.4 cm³/mol. The number of fused-ring (bicyclic) bond motifs is 1. The maximum absolute atomic E-state index is 12.5. The minimum Gasteiger partial charge on any atom is -0.623 e. The van der Waals surface area contributed by atoms with E-state index in [0.717, 1.165) is 18.4 Å². The van der Waals surface area contributed by atoms with Gasteiger partial charge in [0.25, 0.3) is 5.71 Å². The first-order valence-electron chi connectivity index (χ1n) is 7.93. The molecular weight excluding hydrogens is 296 g/mol. The number of rotatable bonds is 3. The molecule has 1 aromatic rings. The van der Waals surface area contributed by atoms with Crippen molar-refractivity contribution in [3.63, 3.8) is 0 Å². The van der Waals surface area contributed by atoms with Crippen LogP contribution >= 0.6 is 0 Å². The van der Waals surface area contributed by atoms with E-state index in [0.29, 0.717) is 28.2 Å². The van der Waals surface area contributed by atoms with Gasteiger partial charge in [-0.2, -0.15) is 4.74 Å². The van der Waals surface area contributed by atoms with Crippen molar-refractivity contribution in [1.82, 2.24) is 5.06 Å². The standard InChI is InChI=1S/C17H20N2O4/c1-11-6-8-12(9-7-11)16(20)10-15-17(21)19(23)14-5-3-2-4-13(14)18(15)22/h6-9,13-14,23H,2-5,10H2,1H3. The zero-order chi connectivity index (χ0) is 16.6. The smallest absolute Gasteiger partial charge is 0.339 e. The molecule has 0 aromatic heterocycles. The van der Waals surface area contributed by atoms with Crippen LogP contribution in [-0.4, -0.2) is 44.5 Å². The van der Waals surface area contributed by atoms with Crippen LogP contribution in [0.3, 0.4) is 0 Å². The third-order valence-electron chi connectivity index (χ3n) is 4.73. The third kappa shape index (κ3) is 2.86. The molecule has 1 aromatic carbocycles. The third-order valence-corrected chi connectivity index (χ3v) is 4.73. The van der Waals surface area contributed by atoms with E-state index >= 15 is 0 Å². The first-order valence-corrected chi connectivity index (χ1v) is 7.93. The highest BCUT2D eigenvalue weighted by molar-refractivity contribution is 6.40. The van der Waals surface area contributed by atoms with Gasteiger partial charge in [-0.1, -0.05) is 36.2 Å². The molecule has 2 unspecified atom stereocenters. The van der Waals surface area contributed by atoms with Gasteiger partial charge in [0, 0.05) is 12.0 Å². The van der Waals surface area contributed by atoms with Crippen molar-refractivity contribution in [2.45, 2.75) is 51.1 Å². The van der Waals surface area contributed by atoms with Gasteiger partial charge in [-0.15, -0.1) is 0 Å². The molecule has 0 bridgehead atoms. The molecule has 6 nitrogen and oxygen atoms in total. The number of hydroxylamine groups is 3. The lowest BCUT2D eigenvalue weighted by molar-refractivity contribution is -0.523. The van der Waals surface area contributed by atoms with Crippen molar-refractivity contribution in [1.29, 1.82) is 0 Å². The fourth-order valence-electron chi connectivity index (χ4n) is 3.37. The molecule has 0 radical (unpaired) electrons. The van der Waals surface area contributed by atoms with Crippen molar-refractivity contribution in [3.05, 3.63) is 40.6 Å². The van der Waals surface area contributed by atoms with Gasteiger partial charge in [0.2, 0.25) is 0 Å². The Kier molecular flexibility index (Phi) is 4.17. The van der Waals surface area contributed by atoms with Crippen molar-refractivity contribution in [2.75, 3.05) is 0 Å². The number of nitrogens with zero attached hydrogens (tertiary/aromatic N) is 2. The zero-order valence-corrected chi connectivity index (χ0v) is 13.1. The molecule has 3 rings (SSSR count). The van der Waals surface area contributed by atoms with Crippen LogP contribution in [0.4, 0.5) is 0 Å². The number of carbonyl (C=O) groups is 2. The van der Waals surface area contributed by atoms with Gasteiger partial charge in [-0.25, -0.2) is 5.06 Å². The maximum Gasteiger partial charge on any atom is 0.339 e. The summed E-state index contributed by atoms with van der Waals surface area (Å²) in [5, 5.41) is 23.2. The Hall–Kier alpha value is -2.21. The fraction of sp³-hybridized carbons (Fsp3) is 0.471. The SMILES string of the molecule is Cc1ccc(C(=O)CC2=[N+]([O-])C3CCCCC3N(O)C2=O)cc1. The van der Waals surface area contributed by atoms with Crippen molar-refractivity contribution in [2.24, 2.45) is 0 Å². The molecule has 1 saturated carbocycles. The Morgan fingerprint density at radius 2 is 1.96 bits per heavy atom. The van der Waals surface area contributed by atoms with Crippen LogP contribution in [0.5, 0.6) is 0 Å². The van der Waals surface area contributed by atoms with E-state index < -0.39 is 18.0 Å². The number of benzene rings is 1. The molecule has 1 heterocycles.